The van der Waals surface area contributed by atoms with Gasteiger partial charge in [-0.25, -0.2) is 0 Å². The number of carbonyl (C=O) groups is 1. The second-order valence-electron chi connectivity index (χ2n) is 2.77. The third-order valence-corrected chi connectivity index (χ3v) is 1.96. The van der Waals surface area contributed by atoms with E-state index < -0.39 is 18.0 Å². The average Bonchev–Trinajstić information content (AvgIpc) is 2.18. The van der Waals surface area contributed by atoms with E-state index in [1.807, 2.05) is 0 Å². The molecule has 0 aromatic heterocycles. The molecular formula is C9H7ClF3NO2. The molecular weight excluding hydrogens is 247 g/mol. The van der Waals surface area contributed by atoms with Gasteiger partial charge in [-0.2, -0.15) is 0 Å². The van der Waals surface area contributed by atoms with Gasteiger partial charge in [0.25, 0.3) is 5.91 Å². The van der Waals surface area contributed by atoms with Crippen molar-refractivity contribution in [2.75, 3.05) is 7.05 Å². The number of rotatable bonds is 2. The van der Waals surface area contributed by atoms with Crippen molar-refractivity contribution < 1.29 is 22.7 Å². The molecule has 0 bridgehead atoms. The summed E-state index contributed by atoms with van der Waals surface area (Å²) in [6, 6.07) is 3.38. The fraction of sp³-hybridized carbons (Fsp3) is 0.222. The first-order valence-corrected chi connectivity index (χ1v) is 4.48. The van der Waals surface area contributed by atoms with Crippen LogP contribution in [-0.4, -0.2) is 19.3 Å². The lowest BCUT2D eigenvalue weighted by Crippen LogP contribution is -2.20. The Morgan fingerprint density at radius 1 is 1.44 bits per heavy atom. The summed E-state index contributed by atoms with van der Waals surface area (Å²) in [5, 5.41) is 2.05. The fourth-order valence-electron chi connectivity index (χ4n) is 0.992. The Hall–Kier alpha value is -1.43. The maximum absolute atomic E-state index is 12.0. The summed E-state index contributed by atoms with van der Waals surface area (Å²) in [7, 11) is 1.36. The minimum Gasteiger partial charge on any atom is -0.404 e. The van der Waals surface area contributed by atoms with Gasteiger partial charge in [-0.15, -0.1) is 13.2 Å². The Labute approximate surface area is 94.2 Å². The molecule has 1 amide bonds. The zero-order valence-electron chi connectivity index (χ0n) is 8.06. The van der Waals surface area contributed by atoms with Crippen LogP contribution in [0, 0.1) is 0 Å². The van der Waals surface area contributed by atoms with E-state index in [0.29, 0.717) is 0 Å². The molecule has 0 aliphatic carbocycles. The number of alkyl halides is 3. The molecule has 3 nitrogen and oxygen atoms in total. The lowest BCUT2D eigenvalue weighted by atomic mass is 10.2. The molecule has 1 aromatic rings. The van der Waals surface area contributed by atoms with Crippen LogP contribution >= 0.6 is 11.6 Å². The maximum Gasteiger partial charge on any atom is 0.573 e. The van der Waals surface area contributed by atoms with Crippen molar-refractivity contribution in [3.05, 3.63) is 28.8 Å². The highest BCUT2D eigenvalue weighted by atomic mass is 35.5. The average molecular weight is 254 g/mol. The van der Waals surface area contributed by atoms with Crippen LogP contribution < -0.4 is 10.1 Å². The van der Waals surface area contributed by atoms with Gasteiger partial charge in [0.2, 0.25) is 0 Å². The zero-order chi connectivity index (χ0) is 12.3. The summed E-state index contributed by atoms with van der Waals surface area (Å²) < 4.78 is 39.5. The molecule has 0 aliphatic rings. The molecule has 0 radical (unpaired) electrons. The summed E-state index contributed by atoms with van der Waals surface area (Å²) in [4.78, 5) is 11.2. The van der Waals surface area contributed by atoms with Crippen LogP contribution in [0.15, 0.2) is 18.2 Å². The molecule has 0 fully saturated rings. The van der Waals surface area contributed by atoms with Gasteiger partial charge >= 0.3 is 6.36 Å². The van der Waals surface area contributed by atoms with Crippen molar-refractivity contribution in [1.29, 1.82) is 0 Å². The van der Waals surface area contributed by atoms with Crippen LogP contribution in [0.2, 0.25) is 5.02 Å². The largest absolute Gasteiger partial charge is 0.573 e. The molecule has 0 aliphatic heterocycles. The van der Waals surface area contributed by atoms with Crippen LogP contribution in [0.5, 0.6) is 5.75 Å². The molecule has 0 saturated carbocycles. The third-order valence-electron chi connectivity index (χ3n) is 1.65. The molecule has 1 aromatic carbocycles. The summed E-state index contributed by atoms with van der Waals surface area (Å²) >= 11 is 5.49. The number of hydrogen-bond donors (Lipinski definition) is 1. The topological polar surface area (TPSA) is 38.3 Å². The first-order valence-electron chi connectivity index (χ1n) is 4.11. The van der Waals surface area contributed by atoms with E-state index in [0.717, 1.165) is 12.1 Å². The smallest absolute Gasteiger partial charge is 0.404 e. The molecule has 1 rings (SSSR count). The van der Waals surface area contributed by atoms with E-state index in [1.54, 1.807) is 0 Å². The predicted molar refractivity (Wildman–Crippen MR) is 51.5 cm³/mol. The lowest BCUT2D eigenvalue weighted by molar-refractivity contribution is -0.274. The van der Waals surface area contributed by atoms with Crippen molar-refractivity contribution in [3.8, 4) is 5.75 Å². The molecule has 0 atom stereocenters. The Bertz CT molecular complexity index is 406. The van der Waals surface area contributed by atoms with Crippen LogP contribution in [0.1, 0.15) is 10.4 Å². The number of benzene rings is 1. The molecule has 0 saturated heterocycles. The van der Waals surface area contributed by atoms with Gasteiger partial charge in [-0.1, -0.05) is 11.6 Å². The highest BCUT2D eigenvalue weighted by Crippen LogP contribution is 2.30. The van der Waals surface area contributed by atoms with Crippen molar-refractivity contribution in [1.82, 2.24) is 5.32 Å². The number of halogens is 4. The van der Waals surface area contributed by atoms with Gasteiger partial charge in [-0.05, 0) is 18.2 Å². The zero-order valence-corrected chi connectivity index (χ0v) is 8.82. The van der Waals surface area contributed by atoms with Crippen LogP contribution in [-0.2, 0) is 0 Å². The molecule has 88 valence electrons. The van der Waals surface area contributed by atoms with Crippen molar-refractivity contribution in [2.45, 2.75) is 6.36 Å². The van der Waals surface area contributed by atoms with Crippen LogP contribution in [0.4, 0.5) is 13.2 Å². The van der Waals surface area contributed by atoms with E-state index in [4.69, 9.17) is 11.6 Å². The lowest BCUT2D eigenvalue weighted by Gasteiger charge is -2.11. The normalized spacial score (nSPS) is 11.1. The monoisotopic (exact) mass is 253 g/mol. The number of ether oxygens (including phenoxy) is 1. The third kappa shape index (κ3) is 3.30. The second-order valence-corrected chi connectivity index (χ2v) is 3.18. The van der Waals surface area contributed by atoms with Gasteiger partial charge in [0, 0.05) is 12.6 Å². The minimum atomic E-state index is -4.84. The second kappa shape index (κ2) is 4.61. The van der Waals surface area contributed by atoms with E-state index in [1.165, 1.54) is 13.1 Å². The van der Waals surface area contributed by atoms with E-state index in [9.17, 15) is 18.0 Å². The summed E-state index contributed by atoms with van der Waals surface area (Å²) in [5.74, 6) is -1.13. The van der Waals surface area contributed by atoms with E-state index in [-0.39, 0.29) is 10.6 Å². The number of nitrogens with one attached hydrogen (secondary N) is 1. The Kier molecular flexibility index (Phi) is 3.64. The Morgan fingerprint density at radius 2 is 2.06 bits per heavy atom. The van der Waals surface area contributed by atoms with Crippen molar-refractivity contribution in [3.63, 3.8) is 0 Å². The predicted octanol–water partition coefficient (Wildman–Crippen LogP) is 2.60. The van der Waals surface area contributed by atoms with Gasteiger partial charge in [0.1, 0.15) is 5.75 Å². The molecule has 0 spiro atoms. The number of carbonyl (C=O) groups excluding carboxylic acids is 1. The highest BCUT2D eigenvalue weighted by molar-refractivity contribution is 6.32. The van der Waals surface area contributed by atoms with Gasteiger partial charge in [0.05, 0.1) is 5.02 Å². The Balaban J connectivity index is 3.04. The first-order chi connectivity index (χ1) is 7.33. The molecule has 1 N–H and O–H groups in total. The molecule has 7 heteroatoms. The quantitative estimate of drug-likeness (QED) is 0.880. The van der Waals surface area contributed by atoms with Crippen LogP contribution in [0.3, 0.4) is 0 Å². The van der Waals surface area contributed by atoms with Gasteiger partial charge < -0.3 is 10.1 Å². The highest BCUT2D eigenvalue weighted by Gasteiger charge is 2.32. The maximum atomic E-state index is 12.0. The molecule has 16 heavy (non-hydrogen) atoms. The Morgan fingerprint density at radius 3 is 2.56 bits per heavy atom. The summed E-state index contributed by atoms with van der Waals surface area (Å²) in [6.07, 6.45) is -4.84. The summed E-state index contributed by atoms with van der Waals surface area (Å²) in [5.41, 5.74) is 0.0335. The summed E-state index contributed by atoms with van der Waals surface area (Å²) in [6.45, 7) is 0. The first kappa shape index (κ1) is 12.6. The molecule has 0 unspecified atom stereocenters. The van der Waals surface area contributed by atoms with Gasteiger partial charge in [-0.3, -0.25) is 4.79 Å². The van der Waals surface area contributed by atoms with E-state index >= 15 is 0 Å². The fourth-order valence-corrected chi connectivity index (χ4v) is 1.15. The SMILES string of the molecule is CNC(=O)c1ccc(Cl)c(OC(F)(F)F)c1. The number of hydrogen-bond acceptors (Lipinski definition) is 2. The standard InChI is InChI=1S/C9H7ClF3NO2/c1-14-8(15)5-2-3-6(10)7(4-5)16-9(11,12)13/h2-4H,1H3,(H,14,15). The molecule has 0 heterocycles. The number of amides is 1. The van der Waals surface area contributed by atoms with Crippen molar-refractivity contribution >= 4 is 17.5 Å². The van der Waals surface area contributed by atoms with Crippen molar-refractivity contribution in [2.24, 2.45) is 0 Å². The minimum absolute atomic E-state index is 0.0335. The van der Waals surface area contributed by atoms with Gasteiger partial charge in [0.15, 0.2) is 0 Å². The van der Waals surface area contributed by atoms with E-state index in [2.05, 4.69) is 10.1 Å². The van der Waals surface area contributed by atoms with Crippen LogP contribution in [0.25, 0.3) is 0 Å².